The Labute approximate surface area is 114 Å². The number of aryl methyl sites for hydroxylation is 1. The van der Waals surface area contributed by atoms with Crippen LogP contribution < -0.4 is 10.1 Å². The molecule has 0 spiro atoms. The van der Waals surface area contributed by atoms with Gasteiger partial charge >= 0.3 is 0 Å². The minimum absolute atomic E-state index is 0.601. The van der Waals surface area contributed by atoms with Crippen LogP contribution in [0.25, 0.3) is 10.9 Å². The molecule has 3 nitrogen and oxygen atoms in total. The number of methoxy groups -OCH3 is 1. The molecular weight excluding hydrogens is 236 g/mol. The Morgan fingerprint density at radius 3 is 2.95 bits per heavy atom. The van der Waals surface area contributed by atoms with Crippen molar-refractivity contribution >= 4 is 10.9 Å². The lowest BCUT2D eigenvalue weighted by atomic mass is 9.96. The molecule has 0 bridgehead atoms. The third-order valence-corrected chi connectivity index (χ3v) is 4.18. The zero-order chi connectivity index (χ0) is 13.2. The molecule has 1 unspecified atom stereocenters. The molecule has 0 radical (unpaired) electrons. The fourth-order valence-corrected chi connectivity index (χ4v) is 3.14. The Morgan fingerprint density at radius 1 is 1.32 bits per heavy atom. The fraction of sp³-hybridized carbons (Fsp3) is 0.500. The number of rotatable bonds is 3. The minimum atomic E-state index is 0.601. The van der Waals surface area contributed by atoms with Crippen LogP contribution in [0.15, 0.2) is 24.4 Å². The van der Waals surface area contributed by atoms with E-state index in [2.05, 4.69) is 41.3 Å². The fourth-order valence-electron chi connectivity index (χ4n) is 3.14. The lowest BCUT2D eigenvalue weighted by molar-refractivity contribution is 0.384. The standard InChI is InChI=1S/C16H22N2O/c1-18-10-8-14-15(18)7-6-12(16(14)19-2)11-13-5-3-4-9-17-13/h6-8,10,13,17H,3-5,9,11H2,1-2H3. The highest BCUT2D eigenvalue weighted by molar-refractivity contribution is 5.87. The summed E-state index contributed by atoms with van der Waals surface area (Å²) in [6, 6.07) is 7.17. The van der Waals surface area contributed by atoms with E-state index in [9.17, 15) is 0 Å². The first kappa shape index (κ1) is 12.5. The molecule has 2 heterocycles. The third kappa shape index (κ3) is 2.35. The van der Waals surface area contributed by atoms with Gasteiger partial charge in [0.15, 0.2) is 0 Å². The first-order valence-corrected chi connectivity index (χ1v) is 7.14. The molecule has 3 rings (SSSR count). The molecule has 1 fully saturated rings. The van der Waals surface area contributed by atoms with Crippen LogP contribution in [0.5, 0.6) is 5.75 Å². The average molecular weight is 258 g/mol. The van der Waals surface area contributed by atoms with Crippen LogP contribution in [0.4, 0.5) is 0 Å². The molecule has 0 aliphatic carbocycles. The highest BCUT2D eigenvalue weighted by Crippen LogP contribution is 2.31. The number of nitrogens with zero attached hydrogens (tertiary/aromatic N) is 1. The van der Waals surface area contributed by atoms with Gasteiger partial charge in [-0.3, -0.25) is 0 Å². The highest BCUT2D eigenvalue weighted by atomic mass is 16.5. The minimum Gasteiger partial charge on any atom is -0.496 e. The number of fused-ring (bicyclic) bond motifs is 1. The summed E-state index contributed by atoms with van der Waals surface area (Å²) in [6.45, 7) is 1.15. The maximum Gasteiger partial charge on any atom is 0.131 e. The van der Waals surface area contributed by atoms with E-state index in [1.165, 1.54) is 35.7 Å². The Kier molecular flexibility index (Phi) is 3.47. The summed E-state index contributed by atoms with van der Waals surface area (Å²) in [6.07, 6.45) is 7.08. The lowest BCUT2D eigenvalue weighted by Gasteiger charge is -2.24. The van der Waals surface area contributed by atoms with E-state index in [-0.39, 0.29) is 0 Å². The number of hydrogen-bond donors (Lipinski definition) is 1. The van der Waals surface area contributed by atoms with Crippen LogP contribution in [0.1, 0.15) is 24.8 Å². The molecule has 102 valence electrons. The summed E-state index contributed by atoms with van der Waals surface area (Å²) in [4.78, 5) is 0. The topological polar surface area (TPSA) is 26.2 Å². The van der Waals surface area contributed by atoms with E-state index >= 15 is 0 Å². The summed E-state index contributed by atoms with van der Waals surface area (Å²) in [5, 5.41) is 4.83. The lowest BCUT2D eigenvalue weighted by Crippen LogP contribution is -2.35. The van der Waals surface area contributed by atoms with Crippen LogP contribution >= 0.6 is 0 Å². The largest absolute Gasteiger partial charge is 0.496 e. The van der Waals surface area contributed by atoms with Crippen molar-refractivity contribution in [2.24, 2.45) is 7.05 Å². The van der Waals surface area contributed by atoms with Crippen molar-refractivity contribution in [3.63, 3.8) is 0 Å². The highest BCUT2D eigenvalue weighted by Gasteiger charge is 2.17. The molecule has 1 aromatic heterocycles. The Morgan fingerprint density at radius 2 is 2.21 bits per heavy atom. The van der Waals surface area contributed by atoms with Gasteiger partial charge < -0.3 is 14.6 Å². The SMILES string of the molecule is COc1c(CC2CCCCN2)ccc2c1ccn2C. The molecular formula is C16H22N2O. The van der Waals surface area contributed by atoms with Gasteiger partial charge in [-0.1, -0.05) is 12.5 Å². The Bertz CT molecular complexity index is 567. The third-order valence-electron chi connectivity index (χ3n) is 4.18. The van der Waals surface area contributed by atoms with Crippen molar-refractivity contribution in [3.8, 4) is 5.75 Å². The van der Waals surface area contributed by atoms with Gasteiger partial charge in [-0.05, 0) is 43.5 Å². The van der Waals surface area contributed by atoms with Gasteiger partial charge in [-0.15, -0.1) is 0 Å². The van der Waals surface area contributed by atoms with E-state index in [1.807, 2.05) is 0 Å². The van der Waals surface area contributed by atoms with Crippen LogP contribution in [-0.4, -0.2) is 24.3 Å². The van der Waals surface area contributed by atoms with Crippen molar-refractivity contribution in [2.75, 3.05) is 13.7 Å². The normalized spacial score (nSPS) is 19.8. The Balaban J connectivity index is 1.93. The monoisotopic (exact) mass is 258 g/mol. The zero-order valence-corrected chi connectivity index (χ0v) is 11.8. The summed E-state index contributed by atoms with van der Waals surface area (Å²) in [5.41, 5.74) is 2.55. The molecule has 3 heteroatoms. The number of benzene rings is 1. The predicted octanol–water partition coefficient (Wildman–Crippen LogP) is 2.87. The molecule has 1 atom stereocenters. The quantitative estimate of drug-likeness (QED) is 0.916. The van der Waals surface area contributed by atoms with Gasteiger partial charge in [0.2, 0.25) is 0 Å². The molecule has 1 aliphatic heterocycles. The molecule has 1 aliphatic rings. The van der Waals surface area contributed by atoms with E-state index in [0.29, 0.717) is 6.04 Å². The predicted molar refractivity (Wildman–Crippen MR) is 78.8 cm³/mol. The van der Waals surface area contributed by atoms with Crippen molar-refractivity contribution in [1.82, 2.24) is 9.88 Å². The molecule has 1 aromatic carbocycles. The van der Waals surface area contributed by atoms with E-state index in [4.69, 9.17) is 4.74 Å². The van der Waals surface area contributed by atoms with Gasteiger partial charge in [0.25, 0.3) is 0 Å². The van der Waals surface area contributed by atoms with E-state index in [1.54, 1.807) is 7.11 Å². The number of ether oxygens (including phenoxy) is 1. The number of piperidine rings is 1. The summed E-state index contributed by atoms with van der Waals surface area (Å²) < 4.78 is 7.81. The molecule has 19 heavy (non-hydrogen) atoms. The van der Waals surface area contributed by atoms with Gasteiger partial charge in [-0.2, -0.15) is 0 Å². The molecule has 1 saturated heterocycles. The number of nitrogens with one attached hydrogen (secondary N) is 1. The van der Waals surface area contributed by atoms with Crippen LogP contribution in [0, 0.1) is 0 Å². The number of hydrogen-bond acceptors (Lipinski definition) is 2. The van der Waals surface area contributed by atoms with Crippen molar-refractivity contribution in [2.45, 2.75) is 31.7 Å². The molecule has 1 N–H and O–H groups in total. The zero-order valence-electron chi connectivity index (χ0n) is 11.8. The van der Waals surface area contributed by atoms with Gasteiger partial charge in [0.05, 0.1) is 12.6 Å². The first-order valence-electron chi connectivity index (χ1n) is 7.14. The maximum absolute atomic E-state index is 5.67. The molecule has 0 saturated carbocycles. The van der Waals surface area contributed by atoms with Gasteiger partial charge in [0.1, 0.15) is 5.75 Å². The second-order valence-electron chi connectivity index (χ2n) is 5.47. The van der Waals surface area contributed by atoms with Crippen molar-refractivity contribution < 1.29 is 4.74 Å². The smallest absolute Gasteiger partial charge is 0.131 e. The average Bonchev–Trinajstić information content (AvgIpc) is 2.82. The molecule has 0 amide bonds. The van der Waals surface area contributed by atoms with E-state index < -0.39 is 0 Å². The second-order valence-corrected chi connectivity index (χ2v) is 5.47. The van der Waals surface area contributed by atoms with Gasteiger partial charge in [0, 0.05) is 24.7 Å². The van der Waals surface area contributed by atoms with Crippen LogP contribution in [-0.2, 0) is 13.5 Å². The summed E-state index contributed by atoms with van der Waals surface area (Å²) in [7, 11) is 3.85. The Hall–Kier alpha value is -1.48. The molecule has 2 aromatic rings. The first-order chi connectivity index (χ1) is 9.29. The summed E-state index contributed by atoms with van der Waals surface area (Å²) in [5.74, 6) is 1.05. The van der Waals surface area contributed by atoms with Crippen molar-refractivity contribution in [3.05, 3.63) is 30.0 Å². The maximum atomic E-state index is 5.67. The van der Waals surface area contributed by atoms with Crippen LogP contribution in [0.2, 0.25) is 0 Å². The van der Waals surface area contributed by atoms with Crippen molar-refractivity contribution in [1.29, 1.82) is 0 Å². The van der Waals surface area contributed by atoms with Crippen LogP contribution in [0.3, 0.4) is 0 Å². The second kappa shape index (κ2) is 5.25. The van der Waals surface area contributed by atoms with Gasteiger partial charge in [-0.25, -0.2) is 0 Å². The summed E-state index contributed by atoms with van der Waals surface area (Å²) >= 11 is 0. The number of aromatic nitrogens is 1. The van der Waals surface area contributed by atoms with E-state index in [0.717, 1.165) is 18.7 Å².